The minimum absolute atomic E-state index is 0.0754. The van der Waals surface area contributed by atoms with Gasteiger partial charge in [-0.2, -0.15) is 0 Å². The van der Waals surface area contributed by atoms with Crippen molar-refractivity contribution < 1.29 is 19.1 Å². The molecule has 2 amide bonds. The van der Waals surface area contributed by atoms with E-state index in [4.69, 9.17) is 10.5 Å². The summed E-state index contributed by atoms with van der Waals surface area (Å²) in [4.78, 5) is 39.9. The van der Waals surface area contributed by atoms with E-state index in [1.165, 1.54) is 18.3 Å². The van der Waals surface area contributed by atoms with Gasteiger partial charge in [-0.15, -0.1) is 0 Å². The Balaban J connectivity index is 1.95. The lowest BCUT2D eigenvalue weighted by Crippen LogP contribution is -2.34. The van der Waals surface area contributed by atoms with Crippen molar-refractivity contribution in [1.29, 1.82) is 0 Å². The Morgan fingerprint density at radius 1 is 1.15 bits per heavy atom. The number of rotatable bonds is 7. The molecule has 142 valence electrons. The highest BCUT2D eigenvalue weighted by Gasteiger charge is 2.15. The Bertz CT molecular complexity index is 821. The summed E-state index contributed by atoms with van der Waals surface area (Å²) in [5.74, 6) is -1.20. The van der Waals surface area contributed by atoms with Gasteiger partial charge < -0.3 is 21.1 Å². The third-order valence-electron chi connectivity index (χ3n) is 3.62. The van der Waals surface area contributed by atoms with E-state index in [1.54, 1.807) is 38.1 Å². The number of para-hydroxylation sites is 2. The second kappa shape index (κ2) is 9.33. The maximum atomic E-state index is 12.2. The van der Waals surface area contributed by atoms with E-state index < -0.39 is 11.8 Å². The number of anilines is 2. The van der Waals surface area contributed by atoms with E-state index >= 15 is 0 Å². The minimum atomic E-state index is -0.435. The number of carbonyl (C=O) groups excluding carboxylic acids is 3. The summed E-state index contributed by atoms with van der Waals surface area (Å²) in [6, 6.07) is 9.42. The maximum Gasteiger partial charge on any atom is 0.307 e. The number of ether oxygens (including phenoxy) is 1. The fraction of sp³-hybridized carbons (Fsp3) is 0.263. The second-order valence-electron chi connectivity index (χ2n) is 5.86. The van der Waals surface area contributed by atoms with Crippen molar-refractivity contribution in [2.24, 2.45) is 0 Å². The number of benzene rings is 1. The molecule has 1 unspecified atom stereocenters. The molecule has 0 spiro atoms. The maximum absolute atomic E-state index is 12.2. The van der Waals surface area contributed by atoms with Crippen LogP contribution >= 0.6 is 0 Å². The molecule has 27 heavy (non-hydrogen) atoms. The van der Waals surface area contributed by atoms with Gasteiger partial charge in [-0.05, 0) is 38.1 Å². The molecule has 2 aromatic rings. The van der Waals surface area contributed by atoms with Crippen LogP contribution in [0.5, 0.6) is 0 Å². The number of hydrogen-bond acceptors (Lipinski definition) is 6. The third kappa shape index (κ3) is 5.81. The average Bonchev–Trinajstić information content (AvgIpc) is 2.63. The quantitative estimate of drug-likeness (QED) is 0.506. The van der Waals surface area contributed by atoms with Crippen molar-refractivity contribution in [3.05, 3.63) is 53.9 Å². The van der Waals surface area contributed by atoms with Gasteiger partial charge in [0.25, 0.3) is 11.8 Å². The molecule has 1 atom stereocenters. The van der Waals surface area contributed by atoms with E-state index in [-0.39, 0.29) is 29.7 Å². The summed E-state index contributed by atoms with van der Waals surface area (Å²) in [5, 5.41) is 5.35. The van der Waals surface area contributed by atoms with Crippen LogP contribution in [0.2, 0.25) is 0 Å². The van der Waals surface area contributed by atoms with E-state index in [1.807, 2.05) is 0 Å². The predicted octanol–water partition coefficient (Wildman–Crippen LogP) is 1.99. The lowest BCUT2D eigenvalue weighted by molar-refractivity contribution is -0.143. The van der Waals surface area contributed by atoms with E-state index in [0.29, 0.717) is 18.0 Å². The highest BCUT2D eigenvalue weighted by atomic mass is 16.5. The number of nitrogens with two attached hydrogens (primary N) is 1. The van der Waals surface area contributed by atoms with Crippen LogP contribution in [0.15, 0.2) is 42.6 Å². The molecule has 2 rings (SSSR count). The number of amides is 2. The molecule has 1 aromatic heterocycles. The van der Waals surface area contributed by atoms with Gasteiger partial charge in [0.2, 0.25) is 0 Å². The number of nitrogens with zero attached hydrogens (tertiary/aromatic N) is 1. The second-order valence-corrected chi connectivity index (χ2v) is 5.86. The molecule has 4 N–H and O–H groups in total. The third-order valence-corrected chi connectivity index (χ3v) is 3.62. The number of carbonyl (C=O) groups is 3. The van der Waals surface area contributed by atoms with Gasteiger partial charge in [-0.3, -0.25) is 19.4 Å². The summed E-state index contributed by atoms with van der Waals surface area (Å²) in [6.07, 6.45) is 1.38. The van der Waals surface area contributed by atoms with Crippen LogP contribution < -0.4 is 16.4 Å². The van der Waals surface area contributed by atoms with Crippen molar-refractivity contribution in [3.63, 3.8) is 0 Å². The molecule has 0 aliphatic carbocycles. The van der Waals surface area contributed by atoms with E-state index in [9.17, 15) is 14.4 Å². The molecule has 0 aliphatic heterocycles. The molecule has 0 aliphatic rings. The highest BCUT2D eigenvalue weighted by molar-refractivity contribution is 6.05. The van der Waals surface area contributed by atoms with Crippen molar-refractivity contribution >= 4 is 29.2 Å². The molecule has 1 aromatic carbocycles. The monoisotopic (exact) mass is 370 g/mol. The molecule has 8 nitrogen and oxygen atoms in total. The van der Waals surface area contributed by atoms with E-state index in [0.717, 1.165) is 0 Å². The molecule has 0 radical (unpaired) electrons. The lowest BCUT2D eigenvalue weighted by Gasteiger charge is -2.13. The smallest absolute Gasteiger partial charge is 0.307 e. The van der Waals surface area contributed by atoms with Crippen molar-refractivity contribution in [2.75, 3.05) is 17.7 Å². The first-order valence-corrected chi connectivity index (χ1v) is 8.49. The standard InChI is InChI=1S/C19H22N4O4/c1-3-27-17(24)10-12(2)22-18(25)13-8-9-16(21-11-13)19(26)23-15-7-5-4-6-14(15)20/h4-9,11-12H,3,10,20H2,1-2H3,(H,22,25)(H,23,26). The molecule has 0 saturated carbocycles. The van der Waals surface area contributed by atoms with Crippen molar-refractivity contribution in [2.45, 2.75) is 26.3 Å². The van der Waals surface area contributed by atoms with Crippen molar-refractivity contribution in [3.8, 4) is 0 Å². The molecule has 0 saturated heterocycles. The van der Waals surface area contributed by atoms with Gasteiger partial charge in [0.15, 0.2) is 0 Å². The van der Waals surface area contributed by atoms with Gasteiger partial charge in [-0.1, -0.05) is 12.1 Å². The summed E-state index contributed by atoms with van der Waals surface area (Å²) in [7, 11) is 0. The van der Waals surface area contributed by atoms with Crippen LogP contribution in [0.3, 0.4) is 0 Å². The van der Waals surface area contributed by atoms with Crippen LogP contribution in [0.25, 0.3) is 0 Å². The van der Waals surface area contributed by atoms with Crippen LogP contribution in [-0.2, 0) is 9.53 Å². The largest absolute Gasteiger partial charge is 0.466 e. The fourth-order valence-electron chi connectivity index (χ4n) is 2.29. The molecular formula is C19H22N4O4. The first-order valence-electron chi connectivity index (χ1n) is 8.49. The molecule has 1 heterocycles. The van der Waals surface area contributed by atoms with E-state index in [2.05, 4.69) is 15.6 Å². The zero-order chi connectivity index (χ0) is 19.8. The predicted molar refractivity (Wildman–Crippen MR) is 101 cm³/mol. The Morgan fingerprint density at radius 3 is 2.52 bits per heavy atom. The first-order chi connectivity index (χ1) is 12.9. The van der Waals surface area contributed by atoms with Gasteiger partial charge in [0.05, 0.1) is 30.0 Å². The summed E-state index contributed by atoms with van der Waals surface area (Å²) >= 11 is 0. The fourth-order valence-corrected chi connectivity index (χ4v) is 2.29. The zero-order valence-electron chi connectivity index (χ0n) is 15.2. The minimum Gasteiger partial charge on any atom is -0.466 e. The SMILES string of the molecule is CCOC(=O)CC(C)NC(=O)c1ccc(C(=O)Nc2ccccc2N)nc1. The first kappa shape index (κ1) is 19.9. The van der Waals surface area contributed by atoms with Crippen molar-refractivity contribution in [1.82, 2.24) is 10.3 Å². The van der Waals surface area contributed by atoms with Gasteiger partial charge in [-0.25, -0.2) is 0 Å². The van der Waals surface area contributed by atoms with Crippen LogP contribution in [0.4, 0.5) is 11.4 Å². The van der Waals surface area contributed by atoms with Gasteiger partial charge in [0.1, 0.15) is 5.69 Å². The Kier molecular flexibility index (Phi) is 6.87. The van der Waals surface area contributed by atoms with Gasteiger partial charge in [0, 0.05) is 12.2 Å². The number of pyridine rings is 1. The number of nitrogens with one attached hydrogen (secondary N) is 2. The lowest BCUT2D eigenvalue weighted by atomic mass is 10.2. The molecule has 8 heteroatoms. The average molecular weight is 370 g/mol. The normalized spacial score (nSPS) is 11.3. The zero-order valence-corrected chi connectivity index (χ0v) is 15.2. The molecule has 0 bridgehead atoms. The number of hydrogen-bond donors (Lipinski definition) is 3. The Morgan fingerprint density at radius 2 is 1.89 bits per heavy atom. The Labute approximate surface area is 157 Å². The number of nitrogen functional groups attached to an aromatic ring is 1. The number of aromatic nitrogens is 1. The topological polar surface area (TPSA) is 123 Å². The van der Waals surface area contributed by atoms with Crippen LogP contribution in [0.1, 0.15) is 41.1 Å². The highest BCUT2D eigenvalue weighted by Crippen LogP contribution is 2.17. The molecule has 0 fully saturated rings. The number of esters is 1. The summed E-state index contributed by atoms with van der Waals surface area (Å²) in [5.41, 5.74) is 7.14. The summed E-state index contributed by atoms with van der Waals surface area (Å²) < 4.78 is 4.84. The van der Waals surface area contributed by atoms with Gasteiger partial charge >= 0.3 is 5.97 Å². The Hall–Kier alpha value is -3.42. The van der Waals surface area contributed by atoms with Crippen LogP contribution in [0, 0.1) is 0 Å². The summed E-state index contributed by atoms with van der Waals surface area (Å²) in [6.45, 7) is 3.71. The molecular weight excluding hydrogens is 348 g/mol. The van der Waals surface area contributed by atoms with Crippen LogP contribution in [-0.4, -0.2) is 35.4 Å².